The van der Waals surface area contributed by atoms with E-state index in [4.69, 9.17) is 4.98 Å². The summed E-state index contributed by atoms with van der Waals surface area (Å²) >= 11 is 0. The molecule has 4 aliphatic rings. The first-order chi connectivity index (χ1) is 29.1. The quantitative estimate of drug-likeness (QED) is 0.0937. The molecular formula is C48H56F2N8O3. The van der Waals surface area contributed by atoms with Crippen LogP contribution in [0.5, 0.6) is 0 Å². The maximum Gasteiger partial charge on any atom is 0.299 e. The van der Waals surface area contributed by atoms with E-state index >= 15 is 8.78 Å². The van der Waals surface area contributed by atoms with E-state index in [1.54, 1.807) is 35.4 Å². The van der Waals surface area contributed by atoms with Gasteiger partial charge in [0.1, 0.15) is 11.9 Å². The van der Waals surface area contributed by atoms with Gasteiger partial charge >= 0.3 is 0 Å². The topological polar surface area (TPSA) is 139 Å². The summed E-state index contributed by atoms with van der Waals surface area (Å²) in [6.45, 7) is 11.9. The van der Waals surface area contributed by atoms with Crippen LogP contribution >= 0.6 is 0 Å². The van der Waals surface area contributed by atoms with Gasteiger partial charge in [0.2, 0.25) is 17.8 Å². The summed E-state index contributed by atoms with van der Waals surface area (Å²) in [7, 11) is 1.84. The van der Waals surface area contributed by atoms with Crippen LogP contribution in [-0.2, 0) is 20.3 Å². The summed E-state index contributed by atoms with van der Waals surface area (Å²) in [5, 5.41) is 6.04. The van der Waals surface area contributed by atoms with Gasteiger partial charge < -0.3 is 25.5 Å². The first-order valence-corrected chi connectivity index (χ1v) is 21.9. The molecule has 3 aromatic carbocycles. The fourth-order valence-corrected chi connectivity index (χ4v) is 10.4. The van der Waals surface area contributed by atoms with Gasteiger partial charge in [-0.05, 0) is 115 Å². The molecule has 3 aliphatic carbocycles. The molecule has 3 amide bonds. The molecule has 1 aliphatic heterocycles. The summed E-state index contributed by atoms with van der Waals surface area (Å²) in [6, 6.07) is 15.2. The van der Waals surface area contributed by atoms with Gasteiger partial charge in [-0.1, -0.05) is 65.0 Å². The van der Waals surface area contributed by atoms with Crippen molar-refractivity contribution in [2.24, 2.45) is 23.2 Å². The number of likely N-dealkylation sites (N-methyl/N-ethyl adjacent to an activating group) is 1. The van der Waals surface area contributed by atoms with Crippen LogP contribution in [0.1, 0.15) is 103 Å². The van der Waals surface area contributed by atoms with Crippen LogP contribution in [-0.4, -0.2) is 74.3 Å². The van der Waals surface area contributed by atoms with Crippen molar-refractivity contribution in [2.75, 3.05) is 18.5 Å². The number of nitrogens with one attached hydrogen (secondary N) is 4. The van der Waals surface area contributed by atoms with Gasteiger partial charge in [-0.15, -0.1) is 0 Å². The average Bonchev–Trinajstić information content (AvgIpc) is 3.76. The van der Waals surface area contributed by atoms with E-state index in [0.29, 0.717) is 46.4 Å². The number of hydrogen-bond acceptors (Lipinski definition) is 6. The zero-order valence-corrected chi connectivity index (χ0v) is 36.0. The van der Waals surface area contributed by atoms with E-state index in [9.17, 15) is 14.4 Å². The normalized spacial score (nSPS) is 21.5. The fourth-order valence-electron chi connectivity index (χ4n) is 10.4. The molecule has 9 rings (SSSR count). The number of amides is 3. The Hall–Kier alpha value is -5.43. The van der Waals surface area contributed by atoms with Gasteiger partial charge in [0.25, 0.3) is 11.8 Å². The highest BCUT2D eigenvalue weighted by molar-refractivity contribution is 5.98. The van der Waals surface area contributed by atoms with Crippen molar-refractivity contribution >= 4 is 34.7 Å². The van der Waals surface area contributed by atoms with E-state index < -0.39 is 12.0 Å². The number of rotatable bonds is 13. The van der Waals surface area contributed by atoms with E-state index in [2.05, 4.69) is 51.3 Å². The Morgan fingerprint density at radius 1 is 0.902 bits per heavy atom. The van der Waals surface area contributed by atoms with Crippen molar-refractivity contribution < 1.29 is 23.2 Å². The maximum atomic E-state index is 16.6. The van der Waals surface area contributed by atoms with Crippen molar-refractivity contribution in [3.8, 4) is 33.5 Å². The van der Waals surface area contributed by atoms with Crippen molar-refractivity contribution in [1.29, 1.82) is 0 Å². The number of fused-ring (bicyclic) bond motifs is 6. The Bertz CT molecular complexity index is 2540. The number of likely N-dealkylation sites (tertiary alicyclic amines) is 1. The molecule has 61 heavy (non-hydrogen) atoms. The SMILES string of the molecule is CCC1(CN(C(=O)C(NC(C)=O)C(C)C)c2ncc(-c3ccc4c(c3)C(F)(F)c3cc(-c5ccc6nc([C@@H]7C8CCC(C8)N7C(=O)C(NC)C(C)C)[nH]c6c5)ccc3-4)[nH]2)CC1. The third kappa shape index (κ3) is 7.02. The minimum Gasteiger partial charge on any atom is -0.344 e. The van der Waals surface area contributed by atoms with Crippen LogP contribution in [0, 0.1) is 23.2 Å². The second-order valence-electron chi connectivity index (χ2n) is 18.7. The van der Waals surface area contributed by atoms with E-state index in [1.807, 2.05) is 45.2 Å². The van der Waals surface area contributed by atoms with Gasteiger partial charge in [0, 0.05) is 36.2 Å². The largest absolute Gasteiger partial charge is 0.344 e. The molecule has 2 saturated carbocycles. The molecule has 11 nitrogen and oxygen atoms in total. The highest BCUT2D eigenvalue weighted by Crippen LogP contribution is 2.54. The molecule has 4 unspecified atom stereocenters. The van der Waals surface area contributed by atoms with E-state index in [1.165, 1.54) is 13.0 Å². The number of imidazole rings is 2. The lowest BCUT2D eigenvalue weighted by Crippen LogP contribution is -2.52. The van der Waals surface area contributed by atoms with Crippen molar-refractivity contribution in [3.63, 3.8) is 0 Å². The van der Waals surface area contributed by atoms with Crippen LogP contribution in [0.4, 0.5) is 14.7 Å². The van der Waals surface area contributed by atoms with Crippen LogP contribution in [0.25, 0.3) is 44.5 Å². The van der Waals surface area contributed by atoms with Crippen LogP contribution in [0.2, 0.25) is 0 Å². The van der Waals surface area contributed by atoms with Crippen molar-refractivity contribution in [2.45, 2.75) is 110 Å². The molecule has 2 aromatic heterocycles. The minimum absolute atomic E-state index is 0.0179. The lowest BCUT2D eigenvalue weighted by Gasteiger charge is -2.37. The summed E-state index contributed by atoms with van der Waals surface area (Å²) in [4.78, 5) is 60.1. The first-order valence-electron chi connectivity index (χ1n) is 21.9. The maximum absolute atomic E-state index is 16.6. The number of carbonyl (C=O) groups is 3. The highest BCUT2D eigenvalue weighted by atomic mass is 19.3. The van der Waals surface area contributed by atoms with Gasteiger partial charge in [-0.2, -0.15) is 8.78 Å². The van der Waals surface area contributed by atoms with E-state index in [-0.39, 0.29) is 64.2 Å². The molecule has 5 atom stereocenters. The van der Waals surface area contributed by atoms with Crippen molar-refractivity contribution in [1.82, 2.24) is 35.5 Å². The molecule has 3 fully saturated rings. The molecular weight excluding hydrogens is 775 g/mol. The second kappa shape index (κ2) is 15.2. The average molecular weight is 831 g/mol. The number of aromatic amines is 2. The van der Waals surface area contributed by atoms with Crippen LogP contribution < -0.4 is 15.5 Å². The molecule has 2 bridgehead atoms. The number of halogens is 2. The number of aromatic nitrogens is 4. The number of alkyl halides is 2. The number of carbonyl (C=O) groups excluding carboxylic acids is 3. The fraction of sp³-hybridized carbons (Fsp3) is 0.479. The monoisotopic (exact) mass is 830 g/mol. The predicted octanol–water partition coefficient (Wildman–Crippen LogP) is 8.72. The molecule has 1 saturated heterocycles. The summed E-state index contributed by atoms with van der Waals surface area (Å²) in [5.41, 5.74) is 4.84. The third-order valence-corrected chi connectivity index (χ3v) is 14.1. The Labute approximate surface area is 355 Å². The van der Waals surface area contributed by atoms with Gasteiger partial charge in [-0.25, -0.2) is 9.97 Å². The van der Waals surface area contributed by atoms with Gasteiger partial charge in [0.05, 0.1) is 35.0 Å². The minimum atomic E-state index is -3.27. The van der Waals surface area contributed by atoms with Crippen LogP contribution in [0.3, 0.4) is 0 Å². The summed E-state index contributed by atoms with van der Waals surface area (Å²) in [6.07, 6.45) is 7.51. The Kier molecular flexibility index (Phi) is 10.2. The number of hydrogen-bond donors (Lipinski definition) is 4. The lowest BCUT2D eigenvalue weighted by molar-refractivity contribution is -0.139. The molecule has 3 heterocycles. The highest BCUT2D eigenvalue weighted by Gasteiger charge is 2.51. The Morgan fingerprint density at radius 3 is 2.20 bits per heavy atom. The summed E-state index contributed by atoms with van der Waals surface area (Å²) < 4.78 is 33.3. The summed E-state index contributed by atoms with van der Waals surface area (Å²) in [5.74, 6) is -2.27. The van der Waals surface area contributed by atoms with Gasteiger partial charge in [-0.3, -0.25) is 19.3 Å². The van der Waals surface area contributed by atoms with Crippen molar-refractivity contribution in [3.05, 3.63) is 77.7 Å². The number of piperidine rings is 1. The molecule has 5 aromatic rings. The number of anilines is 1. The molecule has 320 valence electrons. The number of nitrogens with zero attached hydrogens (tertiary/aromatic N) is 4. The third-order valence-electron chi connectivity index (χ3n) is 14.1. The Morgan fingerprint density at radius 2 is 1.56 bits per heavy atom. The number of H-pyrrole nitrogens is 2. The predicted molar refractivity (Wildman–Crippen MR) is 233 cm³/mol. The standard InChI is InChI=1S/C48H56F2N8O3/c1-8-47(17-18-47)24-57(44(60)41(26(4)5)53-27(6)59)46-52-23-39(56-46)30-11-15-34-33-14-10-28(20-35(33)48(49,50)36(34)21-30)29-12-16-37-38(22-29)55-43(54-37)42-31-9-13-32(19-31)58(42)45(61)40(51-7)25(2)3/h10-12,14-16,20-23,25-26,31-32,40-42,51H,8-9,13,17-19,24H2,1-7H3,(H,52,56)(H,53,59)(H,54,55)/t31?,32?,40?,41?,42-/m0/s1. The number of benzene rings is 3. The zero-order chi connectivity index (χ0) is 43.1. The zero-order valence-electron chi connectivity index (χ0n) is 36.0. The van der Waals surface area contributed by atoms with Crippen LogP contribution in [0.15, 0.2) is 60.8 Å². The molecule has 0 spiro atoms. The second-order valence-corrected chi connectivity index (χ2v) is 18.7. The lowest BCUT2D eigenvalue weighted by atomic mass is 9.95. The van der Waals surface area contributed by atoms with E-state index in [0.717, 1.165) is 60.9 Å². The molecule has 4 N–H and O–H groups in total. The molecule has 0 radical (unpaired) electrons. The first kappa shape index (κ1) is 40.9. The Balaban J connectivity index is 0.985. The smallest absolute Gasteiger partial charge is 0.299 e. The van der Waals surface area contributed by atoms with Gasteiger partial charge in [0.15, 0.2) is 0 Å². The molecule has 13 heteroatoms.